The van der Waals surface area contributed by atoms with Gasteiger partial charge in [-0.1, -0.05) is 30.3 Å². The van der Waals surface area contributed by atoms with Crippen LogP contribution < -0.4 is 0 Å². The van der Waals surface area contributed by atoms with E-state index >= 15 is 0 Å². The number of allylic oxidation sites excluding steroid dienone is 2. The van der Waals surface area contributed by atoms with Gasteiger partial charge in [-0.25, -0.2) is 4.98 Å². The van der Waals surface area contributed by atoms with Crippen LogP contribution in [0.3, 0.4) is 0 Å². The molecule has 26 heavy (non-hydrogen) atoms. The molecule has 3 nitrogen and oxygen atoms in total. The molecule has 4 aliphatic carbocycles. The van der Waals surface area contributed by atoms with Gasteiger partial charge in [0, 0.05) is 11.2 Å². The molecule has 1 N–H and O–H groups in total. The molecular weight excluding hydrogens is 338 g/mol. The highest BCUT2D eigenvalue weighted by molar-refractivity contribution is 7.99. The zero-order valence-electron chi connectivity index (χ0n) is 16.8. The average molecular weight is 374 g/mol. The predicted molar refractivity (Wildman–Crippen MR) is 109 cm³/mol. The van der Waals surface area contributed by atoms with Gasteiger partial charge in [-0.15, -0.1) is 5.10 Å². The Bertz CT molecular complexity index is 608. The van der Waals surface area contributed by atoms with E-state index in [0.29, 0.717) is 5.41 Å². The van der Waals surface area contributed by atoms with Gasteiger partial charge in [-0.3, -0.25) is 5.10 Å². The summed E-state index contributed by atoms with van der Waals surface area (Å²) >= 11 is 1.84. The Morgan fingerprint density at radius 3 is 2.42 bits per heavy atom. The Morgan fingerprint density at radius 1 is 1.15 bits per heavy atom. The highest BCUT2D eigenvalue weighted by Crippen LogP contribution is 2.60. The maximum Gasteiger partial charge on any atom is 0.208 e. The van der Waals surface area contributed by atoms with Gasteiger partial charge in [-0.2, -0.15) is 0 Å². The summed E-state index contributed by atoms with van der Waals surface area (Å²) < 4.78 is 0. The molecule has 4 saturated carbocycles. The first-order valence-electron chi connectivity index (χ1n) is 10.7. The third-order valence-corrected chi connectivity index (χ3v) is 7.94. The molecule has 4 heteroatoms. The van der Waals surface area contributed by atoms with E-state index in [1.54, 1.807) is 0 Å². The van der Waals surface area contributed by atoms with Gasteiger partial charge < -0.3 is 0 Å². The SMILES string of the molecule is CC(C)=CCC[C@H](C)CCSc1n[nH]c(C23CC4CC(CC(C4)C2)C3)n1. The summed E-state index contributed by atoms with van der Waals surface area (Å²) in [5.41, 5.74) is 1.78. The van der Waals surface area contributed by atoms with Crippen molar-refractivity contribution in [2.45, 2.75) is 89.1 Å². The van der Waals surface area contributed by atoms with Gasteiger partial charge >= 0.3 is 0 Å². The molecule has 0 saturated heterocycles. The predicted octanol–water partition coefficient (Wildman–Crippen LogP) is 6.14. The number of aromatic nitrogens is 3. The van der Waals surface area contributed by atoms with Crippen molar-refractivity contribution in [1.29, 1.82) is 0 Å². The Morgan fingerprint density at radius 2 is 1.81 bits per heavy atom. The van der Waals surface area contributed by atoms with Crippen molar-refractivity contribution in [3.05, 3.63) is 17.5 Å². The number of aromatic amines is 1. The van der Waals surface area contributed by atoms with E-state index in [0.717, 1.165) is 34.6 Å². The van der Waals surface area contributed by atoms with Crippen LogP contribution in [-0.2, 0) is 5.41 Å². The van der Waals surface area contributed by atoms with Gasteiger partial charge in [0.2, 0.25) is 5.16 Å². The van der Waals surface area contributed by atoms with E-state index in [2.05, 4.69) is 37.0 Å². The average Bonchev–Trinajstić information content (AvgIpc) is 3.03. The van der Waals surface area contributed by atoms with E-state index in [9.17, 15) is 0 Å². The monoisotopic (exact) mass is 373 g/mol. The van der Waals surface area contributed by atoms with Crippen molar-refractivity contribution in [2.75, 3.05) is 5.75 Å². The zero-order valence-corrected chi connectivity index (χ0v) is 17.6. The third-order valence-electron chi connectivity index (χ3n) is 7.06. The molecule has 0 aliphatic heterocycles. The van der Waals surface area contributed by atoms with Gasteiger partial charge in [0.05, 0.1) is 0 Å². The minimum atomic E-state index is 0.345. The minimum Gasteiger partial charge on any atom is -0.262 e. The molecule has 0 aromatic carbocycles. The van der Waals surface area contributed by atoms with Crippen molar-refractivity contribution >= 4 is 11.8 Å². The van der Waals surface area contributed by atoms with Crippen LogP contribution >= 0.6 is 11.8 Å². The molecule has 0 radical (unpaired) electrons. The van der Waals surface area contributed by atoms with Crippen molar-refractivity contribution in [3.63, 3.8) is 0 Å². The summed E-state index contributed by atoms with van der Waals surface area (Å²) in [4.78, 5) is 4.97. The van der Waals surface area contributed by atoms with Crippen molar-refractivity contribution < 1.29 is 0 Å². The molecule has 4 aliphatic rings. The minimum absolute atomic E-state index is 0.345. The Kier molecular flexibility index (Phi) is 5.50. The van der Waals surface area contributed by atoms with Gasteiger partial charge in [0.1, 0.15) is 5.82 Å². The third kappa shape index (κ3) is 4.05. The maximum atomic E-state index is 4.97. The van der Waals surface area contributed by atoms with Crippen molar-refractivity contribution in [3.8, 4) is 0 Å². The fourth-order valence-corrected chi connectivity index (χ4v) is 7.07. The molecule has 0 unspecified atom stereocenters. The molecule has 0 spiro atoms. The topological polar surface area (TPSA) is 41.6 Å². The number of nitrogens with one attached hydrogen (secondary N) is 1. The molecule has 1 aromatic heterocycles. The number of H-pyrrole nitrogens is 1. The van der Waals surface area contributed by atoms with Gasteiger partial charge in [0.25, 0.3) is 0 Å². The summed E-state index contributed by atoms with van der Waals surface area (Å²) in [7, 11) is 0. The van der Waals surface area contributed by atoms with Gasteiger partial charge in [0.15, 0.2) is 0 Å². The molecule has 4 fully saturated rings. The van der Waals surface area contributed by atoms with Crippen LogP contribution in [0.4, 0.5) is 0 Å². The number of nitrogens with zero attached hydrogens (tertiary/aromatic N) is 2. The smallest absolute Gasteiger partial charge is 0.208 e. The first kappa shape index (κ1) is 18.6. The normalized spacial score (nSPS) is 33.4. The second kappa shape index (κ2) is 7.69. The number of hydrogen-bond donors (Lipinski definition) is 1. The largest absolute Gasteiger partial charge is 0.262 e. The molecule has 1 atom stereocenters. The lowest BCUT2D eigenvalue weighted by Gasteiger charge is -2.55. The van der Waals surface area contributed by atoms with Crippen LogP contribution in [0.5, 0.6) is 0 Å². The van der Waals surface area contributed by atoms with Crippen molar-refractivity contribution in [2.24, 2.45) is 23.7 Å². The van der Waals surface area contributed by atoms with E-state index in [4.69, 9.17) is 4.98 Å². The van der Waals surface area contributed by atoms with Crippen LogP contribution in [0.1, 0.15) is 84.4 Å². The standard InChI is InChI=1S/C22H35N3S/c1-15(2)5-4-6-16(3)7-8-26-21-23-20(24-25-21)22-12-17-9-18(13-22)11-19(10-17)14-22/h5,16-19H,4,6-14H2,1-3H3,(H,23,24,25)/t16-,17?,18?,19?,22?/m0/s1. The van der Waals surface area contributed by atoms with E-state index in [1.807, 2.05) is 11.8 Å². The van der Waals surface area contributed by atoms with Crippen LogP contribution in [0, 0.1) is 23.7 Å². The summed E-state index contributed by atoms with van der Waals surface area (Å²) in [6, 6.07) is 0. The quantitative estimate of drug-likeness (QED) is 0.440. The summed E-state index contributed by atoms with van der Waals surface area (Å²) in [5, 5.41) is 8.91. The Balaban J connectivity index is 1.28. The first-order valence-corrected chi connectivity index (χ1v) is 11.7. The summed E-state index contributed by atoms with van der Waals surface area (Å²) in [6.07, 6.45) is 14.7. The maximum absolute atomic E-state index is 4.97. The summed E-state index contributed by atoms with van der Waals surface area (Å²) in [5.74, 6) is 6.02. The lowest BCUT2D eigenvalue weighted by molar-refractivity contribution is -0.00931. The molecule has 4 bridgehead atoms. The second-order valence-electron chi connectivity index (χ2n) is 9.77. The summed E-state index contributed by atoms with van der Waals surface area (Å²) in [6.45, 7) is 6.74. The van der Waals surface area contributed by atoms with Crippen LogP contribution in [-0.4, -0.2) is 20.9 Å². The second-order valence-corrected chi connectivity index (χ2v) is 10.8. The van der Waals surface area contributed by atoms with Gasteiger partial charge in [-0.05, 0) is 95.3 Å². The molecule has 144 valence electrons. The van der Waals surface area contributed by atoms with Crippen molar-refractivity contribution in [1.82, 2.24) is 15.2 Å². The Hall–Kier alpha value is -0.770. The molecule has 1 heterocycles. The number of hydrogen-bond acceptors (Lipinski definition) is 3. The Labute approximate surface area is 163 Å². The van der Waals surface area contributed by atoms with Crippen LogP contribution in [0.2, 0.25) is 0 Å². The lowest BCUT2D eigenvalue weighted by Crippen LogP contribution is -2.49. The number of rotatable bonds is 8. The fraction of sp³-hybridized carbons (Fsp3) is 0.818. The number of thioether (sulfide) groups is 1. The molecule has 5 rings (SSSR count). The zero-order chi connectivity index (χ0) is 18.1. The highest BCUT2D eigenvalue weighted by atomic mass is 32.2. The first-order chi connectivity index (χ1) is 12.5. The van der Waals surface area contributed by atoms with E-state index in [1.165, 1.54) is 69.2 Å². The van der Waals surface area contributed by atoms with E-state index < -0.39 is 0 Å². The van der Waals surface area contributed by atoms with E-state index in [-0.39, 0.29) is 0 Å². The highest BCUT2D eigenvalue weighted by Gasteiger charge is 2.53. The molecule has 0 amide bonds. The van der Waals surface area contributed by atoms with Crippen LogP contribution in [0.15, 0.2) is 16.8 Å². The lowest BCUT2D eigenvalue weighted by atomic mass is 9.49. The van der Waals surface area contributed by atoms with Crippen LogP contribution in [0.25, 0.3) is 0 Å². The fourth-order valence-electron chi connectivity index (χ4n) is 6.10. The molecular formula is C22H35N3S. The molecule has 1 aromatic rings.